The van der Waals surface area contributed by atoms with E-state index < -0.39 is 5.97 Å². The van der Waals surface area contributed by atoms with Crippen molar-refractivity contribution >= 4 is 28.6 Å². The Kier molecular flexibility index (Phi) is 7.80. The minimum absolute atomic E-state index is 0.328. The number of ether oxygens (including phenoxy) is 1. The lowest BCUT2D eigenvalue weighted by atomic mass is 9.86. The maximum atomic E-state index is 10.8. The zero-order chi connectivity index (χ0) is 23.9. The zero-order valence-electron chi connectivity index (χ0n) is 19.8. The lowest BCUT2D eigenvalue weighted by Crippen LogP contribution is -2.31. The molecule has 180 valence electrons. The van der Waals surface area contributed by atoms with Gasteiger partial charge in [-0.05, 0) is 56.3 Å². The largest absolute Gasteiger partial charge is 0.482 e. The summed E-state index contributed by atoms with van der Waals surface area (Å²) in [6, 6.07) is 16.1. The fraction of sp³-hybridized carbons (Fsp3) is 0.423. The summed E-state index contributed by atoms with van der Waals surface area (Å²) in [5.41, 5.74) is 1.93. The Morgan fingerprint density at radius 3 is 2.56 bits per heavy atom. The Labute approximate surface area is 200 Å². The van der Waals surface area contributed by atoms with Crippen molar-refractivity contribution in [1.29, 1.82) is 0 Å². The molecule has 0 saturated heterocycles. The molecule has 0 bridgehead atoms. The third kappa shape index (κ3) is 6.14. The van der Waals surface area contributed by atoms with Crippen molar-refractivity contribution in [3.8, 4) is 5.75 Å². The van der Waals surface area contributed by atoms with Crippen molar-refractivity contribution in [2.45, 2.75) is 38.3 Å². The van der Waals surface area contributed by atoms with E-state index >= 15 is 0 Å². The van der Waals surface area contributed by atoms with Gasteiger partial charge in [0.05, 0.1) is 5.52 Å². The number of para-hydroxylation sites is 2. The van der Waals surface area contributed by atoms with Crippen molar-refractivity contribution < 1.29 is 14.6 Å². The molecule has 2 aromatic carbocycles. The van der Waals surface area contributed by atoms with Crippen LogP contribution in [-0.2, 0) is 11.3 Å². The molecule has 3 N–H and O–H groups in total. The van der Waals surface area contributed by atoms with Crippen LogP contribution in [0.1, 0.15) is 31.2 Å². The third-order valence-corrected chi connectivity index (χ3v) is 6.26. The number of hydrogen-bond donors (Lipinski definition) is 3. The van der Waals surface area contributed by atoms with E-state index in [9.17, 15) is 4.79 Å². The summed E-state index contributed by atoms with van der Waals surface area (Å²) in [6.45, 7) is 1.26. The number of fused-ring (bicyclic) bond motifs is 1. The molecule has 3 aromatic rings. The molecular formula is C26H33N5O3. The molecule has 1 aliphatic carbocycles. The van der Waals surface area contributed by atoms with E-state index in [1.807, 2.05) is 61.5 Å². The van der Waals surface area contributed by atoms with Crippen molar-refractivity contribution in [3.05, 3.63) is 54.1 Å². The third-order valence-electron chi connectivity index (χ3n) is 6.26. The van der Waals surface area contributed by atoms with Gasteiger partial charge in [-0.15, -0.1) is 0 Å². The lowest BCUT2D eigenvalue weighted by molar-refractivity contribution is -0.139. The standard InChI is InChI=1S/C26H33N5O3/c1-31(2)25-21-8-4-5-9-22(21)29-26(30-25)28-20-13-11-18(12-14-20)15-27-16-19-7-3-6-10-23(19)34-17-24(32)33/h3-10,18,20,27H,11-17H2,1-2H3,(H,32,33)(H,28,29,30)/t18-,20+. The smallest absolute Gasteiger partial charge is 0.341 e. The highest BCUT2D eigenvalue weighted by atomic mass is 16.5. The van der Waals surface area contributed by atoms with Crippen LogP contribution < -0.4 is 20.3 Å². The predicted octanol–water partition coefficient (Wildman–Crippen LogP) is 3.92. The summed E-state index contributed by atoms with van der Waals surface area (Å²) < 4.78 is 5.40. The Hall–Kier alpha value is -3.39. The molecule has 4 rings (SSSR count). The first-order valence-electron chi connectivity index (χ1n) is 11.8. The molecule has 1 aromatic heterocycles. The molecular weight excluding hydrogens is 430 g/mol. The number of hydrogen-bond acceptors (Lipinski definition) is 7. The second-order valence-corrected chi connectivity index (χ2v) is 9.07. The Morgan fingerprint density at radius 2 is 1.79 bits per heavy atom. The van der Waals surface area contributed by atoms with Gasteiger partial charge in [0.25, 0.3) is 0 Å². The highest BCUT2D eigenvalue weighted by Crippen LogP contribution is 2.28. The van der Waals surface area contributed by atoms with E-state index in [1.54, 1.807) is 0 Å². The van der Waals surface area contributed by atoms with E-state index in [2.05, 4.69) is 16.7 Å². The molecule has 1 fully saturated rings. The second-order valence-electron chi connectivity index (χ2n) is 9.07. The molecule has 34 heavy (non-hydrogen) atoms. The van der Waals surface area contributed by atoms with Crippen LogP contribution in [0.4, 0.5) is 11.8 Å². The molecule has 8 nitrogen and oxygen atoms in total. The predicted molar refractivity (Wildman–Crippen MR) is 135 cm³/mol. The van der Waals surface area contributed by atoms with Gasteiger partial charge in [0, 0.05) is 37.6 Å². The molecule has 0 spiro atoms. The highest BCUT2D eigenvalue weighted by Gasteiger charge is 2.22. The maximum Gasteiger partial charge on any atom is 0.341 e. The first-order chi connectivity index (χ1) is 16.5. The first-order valence-corrected chi connectivity index (χ1v) is 11.8. The molecule has 0 amide bonds. The summed E-state index contributed by atoms with van der Waals surface area (Å²) in [5.74, 6) is 1.89. The van der Waals surface area contributed by atoms with Crippen LogP contribution >= 0.6 is 0 Å². The number of aliphatic carboxylic acids is 1. The summed E-state index contributed by atoms with van der Waals surface area (Å²) in [4.78, 5) is 22.3. The fourth-order valence-electron chi connectivity index (χ4n) is 4.50. The SMILES string of the molecule is CN(C)c1nc(N[C@H]2CC[C@@H](CNCc3ccccc3OCC(=O)O)CC2)nc2ccccc12. The van der Waals surface area contributed by atoms with Gasteiger partial charge in [0.2, 0.25) is 5.95 Å². The average molecular weight is 464 g/mol. The van der Waals surface area contributed by atoms with E-state index in [0.717, 1.165) is 54.5 Å². The topological polar surface area (TPSA) is 99.6 Å². The number of carbonyl (C=O) groups is 1. The number of nitrogens with zero attached hydrogens (tertiary/aromatic N) is 3. The Balaban J connectivity index is 1.27. The van der Waals surface area contributed by atoms with Gasteiger partial charge in [0.15, 0.2) is 6.61 Å². The van der Waals surface area contributed by atoms with Crippen molar-refractivity contribution in [3.63, 3.8) is 0 Å². The van der Waals surface area contributed by atoms with Crippen molar-refractivity contribution in [2.75, 3.05) is 37.5 Å². The lowest BCUT2D eigenvalue weighted by Gasteiger charge is -2.29. The van der Waals surface area contributed by atoms with Gasteiger partial charge in [-0.2, -0.15) is 4.98 Å². The van der Waals surface area contributed by atoms with E-state index in [1.165, 1.54) is 0 Å². The molecule has 0 atom stereocenters. The van der Waals surface area contributed by atoms with E-state index in [4.69, 9.17) is 19.8 Å². The van der Waals surface area contributed by atoms with E-state index in [-0.39, 0.29) is 6.61 Å². The molecule has 0 aliphatic heterocycles. The minimum atomic E-state index is -0.972. The fourth-order valence-corrected chi connectivity index (χ4v) is 4.50. The van der Waals surface area contributed by atoms with Crippen LogP contribution in [0.3, 0.4) is 0 Å². The van der Waals surface area contributed by atoms with Gasteiger partial charge in [-0.3, -0.25) is 0 Å². The normalized spacial score (nSPS) is 17.9. The summed E-state index contributed by atoms with van der Waals surface area (Å²) >= 11 is 0. The van der Waals surface area contributed by atoms with Crippen molar-refractivity contribution in [1.82, 2.24) is 15.3 Å². The van der Waals surface area contributed by atoms with Gasteiger partial charge < -0.3 is 25.4 Å². The number of carboxylic acids is 1. The number of benzene rings is 2. The maximum absolute atomic E-state index is 10.8. The molecule has 1 heterocycles. The monoisotopic (exact) mass is 463 g/mol. The van der Waals surface area contributed by atoms with Crippen LogP contribution in [-0.4, -0.2) is 54.3 Å². The summed E-state index contributed by atoms with van der Waals surface area (Å²) in [7, 11) is 4.01. The van der Waals surface area contributed by atoms with Gasteiger partial charge in [-0.25, -0.2) is 9.78 Å². The van der Waals surface area contributed by atoms with E-state index in [0.29, 0.717) is 30.2 Å². The number of nitrogens with one attached hydrogen (secondary N) is 2. The zero-order valence-corrected chi connectivity index (χ0v) is 19.8. The number of anilines is 2. The molecule has 1 aliphatic rings. The molecule has 8 heteroatoms. The van der Waals surface area contributed by atoms with Crippen LogP contribution in [0.5, 0.6) is 5.75 Å². The number of carboxylic acid groups (broad SMARTS) is 1. The highest BCUT2D eigenvalue weighted by molar-refractivity contribution is 5.90. The summed E-state index contributed by atoms with van der Waals surface area (Å²) in [6.07, 6.45) is 4.43. The second kappa shape index (κ2) is 11.2. The van der Waals surface area contributed by atoms with Crippen LogP contribution in [0, 0.1) is 5.92 Å². The quantitative estimate of drug-likeness (QED) is 0.416. The molecule has 0 radical (unpaired) electrons. The first kappa shape index (κ1) is 23.8. The van der Waals surface area contributed by atoms with Gasteiger partial charge in [-0.1, -0.05) is 30.3 Å². The van der Waals surface area contributed by atoms with Crippen LogP contribution in [0.2, 0.25) is 0 Å². The Bertz CT molecular complexity index is 1110. The van der Waals surface area contributed by atoms with Gasteiger partial charge in [0.1, 0.15) is 11.6 Å². The number of rotatable bonds is 10. The van der Waals surface area contributed by atoms with Crippen LogP contribution in [0.15, 0.2) is 48.5 Å². The van der Waals surface area contributed by atoms with Crippen molar-refractivity contribution in [2.24, 2.45) is 5.92 Å². The molecule has 0 unspecified atom stereocenters. The number of aromatic nitrogens is 2. The Morgan fingerprint density at radius 1 is 1.06 bits per heavy atom. The van der Waals surface area contributed by atoms with Crippen LogP contribution in [0.25, 0.3) is 10.9 Å². The minimum Gasteiger partial charge on any atom is -0.482 e. The summed E-state index contributed by atoms with van der Waals surface area (Å²) in [5, 5.41) is 17.0. The van der Waals surface area contributed by atoms with Gasteiger partial charge >= 0.3 is 5.97 Å². The average Bonchev–Trinajstić information content (AvgIpc) is 2.84. The molecule has 1 saturated carbocycles.